The minimum Gasteiger partial charge on any atom is -0.365 e. The molecule has 0 saturated carbocycles. The van der Waals surface area contributed by atoms with Crippen molar-refractivity contribution in [1.82, 2.24) is 15.0 Å². The van der Waals surface area contributed by atoms with Gasteiger partial charge in [0.1, 0.15) is 10.6 Å². The SMILES string of the molecule is CCc1cc2c(NCc3ccncc3)nc(NC)nc2s1. The van der Waals surface area contributed by atoms with Crippen LogP contribution in [0.25, 0.3) is 10.2 Å². The Morgan fingerprint density at radius 1 is 1.19 bits per heavy atom. The third-order valence-electron chi connectivity index (χ3n) is 3.23. The Bertz CT molecular complexity index is 738. The molecule has 0 saturated heterocycles. The van der Waals surface area contributed by atoms with Crippen LogP contribution in [-0.4, -0.2) is 22.0 Å². The summed E-state index contributed by atoms with van der Waals surface area (Å²) in [7, 11) is 1.84. The van der Waals surface area contributed by atoms with Crippen molar-refractivity contribution in [2.24, 2.45) is 0 Å². The molecule has 3 heterocycles. The van der Waals surface area contributed by atoms with Crippen LogP contribution in [0.4, 0.5) is 11.8 Å². The molecule has 2 N–H and O–H groups in total. The smallest absolute Gasteiger partial charge is 0.225 e. The van der Waals surface area contributed by atoms with Crippen LogP contribution in [0, 0.1) is 0 Å². The highest BCUT2D eigenvalue weighted by molar-refractivity contribution is 7.18. The van der Waals surface area contributed by atoms with Gasteiger partial charge in [0, 0.05) is 30.9 Å². The van der Waals surface area contributed by atoms with Crippen molar-refractivity contribution < 1.29 is 0 Å². The van der Waals surface area contributed by atoms with Gasteiger partial charge < -0.3 is 10.6 Å². The molecule has 0 atom stereocenters. The van der Waals surface area contributed by atoms with E-state index in [2.05, 4.69) is 38.6 Å². The van der Waals surface area contributed by atoms with E-state index in [1.165, 1.54) is 10.4 Å². The Kier molecular flexibility index (Phi) is 3.96. The highest BCUT2D eigenvalue weighted by Gasteiger charge is 2.10. The predicted octanol–water partition coefficient (Wildman–Crippen LogP) is 3.30. The molecule has 0 radical (unpaired) electrons. The minimum absolute atomic E-state index is 0.643. The van der Waals surface area contributed by atoms with Crippen LogP contribution < -0.4 is 10.6 Å². The maximum atomic E-state index is 4.54. The lowest BCUT2D eigenvalue weighted by atomic mass is 10.2. The number of nitrogens with one attached hydrogen (secondary N) is 2. The molecule has 5 nitrogen and oxygen atoms in total. The van der Waals surface area contributed by atoms with E-state index < -0.39 is 0 Å². The van der Waals surface area contributed by atoms with Gasteiger partial charge in [-0.05, 0) is 30.2 Å². The van der Waals surface area contributed by atoms with Crippen LogP contribution in [0.1, 0.15) is 17.4 Å². The Balaban J connectivity index is 1.94. The van der Waals surface area contributed by atoms with Crippen LogP contribution in [0.15, 0.2) is 30.6 Å². The second-order valence-corrected chi connectivity index (χ2v) is 5.76. The molecule has 3 rings (SSSR count). The fourth-order valence-electron chi connectivity index (χ4n) is 2.08. The van der Waals surface area contributed by atoms with Crippen molar-refractivity contribution in [3.8, 4) is 0 Å². The molecule has 3 aromatic heterocycles. The zero-order valence-electron chi connectivity index (χ0n) is 12.1. The summed E-state index contributed by atoms with van der Waals surface area (Å²) in [5.41, 5.74) is 1.17. The van der Waals surface area contributed by atoms with Crippen molar-refractivity contribution in [2.45, 2.75) is 19.9 Å². The van der Waals surface area contributed by atoms with Gasteiger partial charge in [0.15, 0.2) is 0 Å². The Morgan fingerprint density at radius 3 is 2.71 bits per heavy atom. The molecular formula is C15H17N5S. The second kappa shape index (κ2) is 6.05. The number of fused-ring (bicyclic) bond motifs is 1. The summed E-state index contributed by atoms with van der Waals surface area (Å²) in [5.74, 6) is 1.52. The fraction of sp³-hybridized carbons (Fsp3) is 0.267. The maximum absolute atomic E-state index is 4.54. The van der Waals surface area contributed by atoms with Gasteiger partial charge in [-0.25, -0.2) is 4.98 Å². The highest BCUT2D eigenvalue weighted by atomic mass is 32.1. The molecule has 6 heteroatoms. The quantitative estimate of drug-likeness (QED) is 0.757. The third-order valence-corrected chi connectivity index (χ3v) is 4.40. The van der Waals surface area contributed by atoms with Gasteiger partial charge in [0.05, 0.1) is 5.39 Å². The minimum atomic E-state index is 0.643. The summed E-state index contributed by atoms with van der Waals surface area (Å²) in [6.45, 7) is 2.87. The number of hydrogen-bond donors (Lipinski definition) is 2. The first-order valence-electron chi connectivity index (χ1n) is 6.91. The number of aryl methyl sites for hydroxylation is 1. The van der Waals surface area contributed by atoms with Gasteiger partial charge in [0.2, 0.25) is 5.95 Å². The molecule has 0 aromatic carbocycles. The second-order valence-electron chi connectivity index (χ2n) is 4.64. The van der Waals surface area contributed by atoms with E-state index in [0.717, 1.165) is 29.0 Å². The van der Waals surface area contributed by atoms with Gasteiger partial charge in [0.25, 0.3) is 0 Å². The maximum Gasteiger partial charge on any atom is 0.225 e. The summed E-state index contributed by atoms with van der Waals surface area (Å²) in [6.07, 6.45) is 4.61. The molecule has 0 aliphatic rings. The fourth-order valence-corrected chi connectivity index (χ4v) is 3.05. The number of aromatic nitrogens is 3. The number of thiophene rings is 1. The molecule has 0 spiro atoms. The Labute approximate surface area is 127 Å². The molecule has 0 aliphatic carbocycles. The number of nitrogens with zero attached hydrogens (tertiary/aromatic N) is 3. The molecule has 21 heavy (non-hydrogen) atoms. The first kappa shape index (κ1) is 13.8. The number of rotatable bonds is 5. The monoisotopic (exact) mass is 299 g/mol. The van der Waals surface area contributed by atoms with E-state index in [1.807, 2.05) is 19.2 Å². The summed E-state index contributed by atoms with van der Waals surface area (Å²) < 4.78 is 0. The Morgan fingerprint density at radius 2 is 2.00 bits per heavy atom. The zero-order chi connectivity index (χ0) is 14.7. The normalized spacial score (nSPS) is 10.8. The lowest BCUT2D eigenvalue weighted by molar-refractivity contribution is 1.09. The van der Waals surface area contributed by atoms with Crippen LogP contribution >= 0.6 is 11.3 Å². The molecular weight excluding hydrogens is 282 g/mol. The van der Waals surface area contributed by atoms with Crippen molar-refractivity contribution in [3.05, 3.63) is 41.0 Å². The Hall–Kier alpha value is -2.21. The number of hydrogen-bond acceptors (Lipinski definition) is 6. The van der Waals surface area contributed by atoms with E-state index in [1.54, 1.807) is 23.7 Å². The lowest BCUT2D eigenvalue weighted by Gasteiger charge is -2.08. The lowest BCUT2D eigenvalue weighted by Crippen LogP contribution is -2.04. The number of anilines is 2. The standard InChI is InChI=1S/C15H17N5S/c1-3-11-8-12-13(18-9-10-4-6-17-7-5-10)19-15(16-2)20-14(12)21-11/h4-8H,3,9H2,1-2H3,(H2,16,18,19,20). The van der Waals surface area contributed by atoms with Crippen molar-refractivity contribution in [2.75, 3.05) is 17.7 Å². The summed E-state index contributed by atoms with van der Waals surface area (Å²) in [6, 6.07) is 6.17. The van der Waals surface area contributed by atoms with Crippen LogP contribution in [0.5, 0.6) is 0 Å². The van der Waals surface area contributed by atoms with Crippen LogP contribution in [-0.2, 0) is 13.0 Å². The first-order valence-corrected chi connectivity index (χ1v) is 7.72. The van der Waals surface area contributed by atoms with Gasteiger partial charge in [-0.2, -0.15) is 4.98 Å². The van der Waals surface area contributed by atoms with Gasteiger partial charge in [-0.1, -0.05) is 6.92 Å². The average Bonchev–Trinajstić information content (AvgIpc) is 2.96. The number of pyridine rings is 1. The van der Waals surface area contributed by atoms with E-state index >= 15 is 0 Å². The molecule has 0 fully saturated rings. The molecule has 0 amide bonds. The van der Waals surface area contributed by atoms with Crippen LogP contribution in [0.3, 0.4) is 0 Å². The molecule has 0 unspecified atom stereocenters. The summed E-state index contributed by atoms with van der Waals surface area (Å²) in [4.78, 5) is 15.4. The van der Waals surface area contributed by atoms with Crippen molar-refractivity contribution >= 4 is 33.3 Å². The average molecular weight is 299 g/mol. The van der Waals surface area contributed by atoms with Crippen molar-refractivity contribution in [1.29, 1.82) is 0 Å². The zero-order valence-corrected chi connectivity index (χ0v) is 12.9. The van der Waals surface area contributed by atoms with E-state index in [4.69, 9.17) is 0 Å². The van der Waals surface area contributed by atoms with E-state index in [0.29, 0.717) is 5.95 Å². The predicted molar refractivity (Wildman–Crippen MR) is 87.9 cm³/mol. The third kappa shape index (κ3) is 2.95. The molecule has 108 valence electrons. The molecule has 0 bridgehead atoms. The van der Waals surface area contributed by atoms with Gasteiger partial charge in [-0.3, -0.25) is 4.98 Å². The van der Waals surface area contributed by atoms with Crippen LogP contribution in [0.2, 0.25) is 0 Å². The van der Waals surface area contributed by atoms with E-state index in [-0.39, 0.29) is 0 Å². The van der Waals surface area contributed by atoms with E-state index in [9.17, 15) is 0 Å². The van der Waals surface area contributed by atoms with Gasteiger partial charge >= 0.3 is 0 Å². The first-order chi connectivity index (χ1) is 10.3. The molecule has 0 aliphatic heterocycles. The van der Waals surface area contributed by atoms with Crippen molar-refractivity contribution in [3.63, 3.8) is 0 Å². The highest BCUT2D eigenvalue weighted by Crippen LogP contribution is 2.30. The summed E-state index contributed by atoms with van der Waals surface area (Å²) in [5, 5.41) is 7.51. The summed E-state index contributed by atoms with van der Waals surface area (Å²) >= 11 is 1.72. The van der Waals surface area contributed by atoms with Gasteiger partial charge in [-0.15, -0.1) is 11.3 Å². The topological polar surface area (TPSA) is 62.7 Å². The largest absolute Gasteiger partial charge is 0.365 e. The molecule has 3 aromatic rings.